The van der Waals surface area contributed by atoms with Gasteiger partial charge in [-0.1, -0.05) is 11.6 Å². The summed E-state index contributed by atoms with van der Waals surface area (Å²) in [6.07, 6.45) is 0.813. The average Bonchev–Trinajstić information content (AvgIpc) is 2.63. The maximum atomic E-state index is 12.1. The Morgan fingerprint density at radius 2 is 2.33 bits per heavy atom. The first-order valence-corrected chi connectivity index (χ1v) is 6.29. The van der Waals surface area contributed by atoms with Crippen LogP contribution >= 0.6 is 11.6 Å². The molecule has 18 heavy (non-hydrogen) atoms. The van der Waals surface area contributed by atoms with E-state index in [-0.39, 0.29) is 17.6 Å². The van der Waals surface area contributed by atoms with Gasteiger partial charge in [0.2, 0.25) is 0 Å². The Balaban J connectivity index is 2.14. The average molecular weight is 269 g/mol. The number of nitrogens with one attached hydrogen (secondary N) is 1. The van der Waals surface area contributed by atoms with Crippen molar-refractivity contribution in [2.45, 2.75) is 31.9 Å². The van der Waals surface area contributed by atoms with E-state index in [4.69, 9.17) is 22.1 Å². The maximum Gasteiger partial charge on any atom is 0.251 e. The lowest BCUT2D eigenvalue weighted by Crippen LogP contribution is -2.50. The predicted octanol–water partition coefficient (Wildman–Crippen LogP) is 2.22. The number of hydrogen-bond acceptors (Lipinski definition) is 3. The maximum absolute atomic E-state index is 12.1. The number of ether oxygens (including phenoxy) is 1. The molecule has 2 atom stereocenters. The highest BCUT2D eigenvalue weighted by Crippen LogP contribution is 2.26. The zero-order valence-corrected chi connectivity index (χ0v) is 11.3. The van der Waals surface area contributed by atoms with E-state index in [1.54, 1.807) is 18.2 Å². The van der Waals surface area contributed by atoms with Gasteiger partial charge in [-0.15, -0.1) is 0 Å². The van der Waals surface area contributed by atoms with Crippen LogP contribution in [0.3, 0.4) is 0 Å². The number of rotatable bonds is 2. The number of halogens is 1. The lowest BCUT2D eigenvalue weighted by atomic mass is 9.94. The number of carbonyl (C=O) groups is 1. The van der Waals surface area contributed by atoms with Gasteiger partial charge in [-0.05, 0) is 38.5 Å². The third-order valence-corrected chi connectivity index (χ3v) is 3.88. The molecule has 1 aliphatic heterocycles. The van der Waals surface area contributed by atoms with Crippen LogP contribution in [0.4, 0.5) is 5.69 Å². The topological polar surface area (TPSA) is 64.3 Å². The van der Waals surface area contributed by atoms with E-state index in [1.165, 1.54) is 0 Å². The van der Waals surface area contributed by atoms with Crippen molar-refractivity contribution in [3.05, 3.63) is 28.8 Å². The fourth-order valence-electron chi connectivity index (χ4n) is 2.00. The highest BCUT2D eigenvalue weighted by molar-refractivity contribution is 6.33. The van der Waals surface area contributed by atoms with Crippen LogP contribution in [-0.4, -0.2) is 24.2 Å². The van der Waals surface area contributed by atoms with Crippen molar-refractivity contribution in [1.82, 2.24) is 5.32 Å². The Bertz CT molecular complexity index is 478. The molecule has 1 aromatic rings. The van der Waals surface area contributed by atoms with E-state index in [9.17, 15) is 4.79 Å². The summed E-state index contributed by atoms with van der Waals surface area (Å²) in [6.45, 7) is 4.62. The molecule has 0 aromatic heterocycles. The van der Waals surface area contributed by atoms with Crippen molar-refractivity contribution in [2.24, 2.45) is 0 Å². The van der Waals surface area contributed by atoms with E-state index in [0.29, 0.717) is 22.9 Å². The number of anilines is 1. The lowest BCUT2D eigenvalue weighted by Gasteiger charge is -2.28. The molecule has 5 heteroatoms. The van der Waals surface area contributed by atoms with Crippen LogP contribution in [-0.2, 0) is 4.74 Å². The molecular weight excluding hydrogens is 252 g/mol. The van der Waals surface area contributed by atoms with Crippen LogP contribution < -0.4 is 11.1 Å². The summed E-state index contributed by atoms with van der Waals surface area (Å²) in [5.74, 6) is -0.156. The van der Waals surface area contributed by atoms with Gasteiger partial charge in [-0.2, -0.15) is 0 Å². The Kier molecular flexibility index (Phi) is 3.50. The largest absolute Gasteiger partial charge is 0.398 e. The second-order valence-corrected chi connectivity index (χ2v) is 5.28. The molecule has 0 saturated carbocycles. The van der Waals surface area contributed by atoms with Crippen molar-refractivity contribution >= 4 is 23.2 Å². The fourth-order valence-corrected chi connectivity index (χ4v) is 2.18. The van der Waals surface area contributed by atoms with E-state index in [2.05, 4.69) is 5.32 Å². The first kappa shape index (κ1) is 13.2. The zero-order chi connectivity index (χ0) is 13.3. The number of nitrogen functional groups attached to an aromatic ring is 1. The highest BCUT2D eigenvalue weighted by atomic mass is 35.5. The number of amides is 1. The minimum Gasteiger partial charge on any atom is -0.398 e. The standard InChI is InChI=1S/C13H17ClN2O2/c1-8-13(2,5-6-18-8)16-12(17)9-3-4-11(15)10(14)7-9/h3-4,7-8H,5-6,15H2,1-2H3,(H,16,17). The zero-order valence-electron chi connectivity index (χ0n) is 10.5. The van der Waals surface area contributed by atoms with Crippen LogP contribution in [0, 0.1) is 0 Å². The number of benzene rings is 1. The van der Waals surface area contributed by atoms with Crippen molar-refractivity contribution in [1.29, 1.82) is 0 Å². The van der Waals surface area contributed by atoms with Crippen molar-refractivity contribution in [3.8, 4) is 0 Å². The molecule has 2 unspecified atom stereocenters. The van der Waals surface area contributed by atoms with E-state index in [1.807, 2.05) is 13.8 Å². The Morgan fingerprint density at radius 3 is 2.89 bits per heavy atom. The minimum atomic E-state index is -0.328. The molecule has 0 bridgehead atoms. The first-order chi connectivity index (χ1) is 8.42. The van der Waals surface area contributed by atoms with Gasteiger partial charge in [-0.3, -0.25) is 4.79 Å². The molecular formula is C13H17ClN2O2. The quantitative estimate of drug-likeness (QED) is 0.809. The second-order valence-electron chi connectivity index (χ2n) is 4.87. The molecule has 1 aromatic carbocycles. The van der Waals surface area contributed by atoms with Gasteiger partial charge in [0, 0.05) is 12.2 Å². The molecule has 0 aliphatic carbocycles. The van der Waals surface area contributed by atoms with Crippen LogP contribution in [0.5, 0.6) is 0 Å². The van der Waals surface area contributed by atoms with E-state index < -0.39 is 0 Å². The van der Waals surface area contributed by atoms with Crippen LogP contribution in [0.25, 0.3) is 0 Å². The molecule has 0 radical (unpaired) electrons. The van der Waals surface area contributed by atoms with Crippen LogP contribution in [0.15, 0.2) is 18.2 Å². The fraction of sp³-hybridized carbons (Fsp3) is 0.462. The lowest BCUT2D eigenvalue weighted by molar-refractivity contribution is 0.0727. The summed E-state index contributed by atoms with van der Waals surface area (Å²) in [4.78, 5) is 12.1. The molecule has 1 aliphatic rings. The number of hydrogen-bond donors (Lipinski definition) is 2. The Labute approximate surface area is 111 Å². The molecule has 1 heterocycles. The van der Waals surface area contributed by atoms with Gasteiger partial charge < -0.3 is 15.8 Å². The summed E-state index contributed by atoms with van der Waals surface area (Å²) in [6, 6.07) is 4.88. The molecule has 98 valence electrons. The van der Waals surface area contributed by atoms with Crippen molar-refractivity contribution in [3.63, 3.8) is 0 Å². The molecule has 1 amide bonds. The number of carbonyl (C=O) groups excluding carboxylic acids is 1. The van der Waals surface area contributed by atoms with Crippen molar-refractivity contribution in [2.75, 3.05) is 12.3 Å². The molecule has 1 fully saturated rings. The Hall–Kier alpha value is -1.26. The third-order valence-electron chi connectivity index (χ3n) is 3.55. The smallest absolute Gasteiger partial charge is 0.251 e. The molecule has 3 N–H and O–H groups in total. The summed E-state index contributed by atoms with van der Waals surface area (Å²) in [5.41, 5.74) is 6.27. The summed E-state index contributed by atoms with van der Waals surface area (Å²) in [5, 5.41) is 3.40. The SMILES string of the molecule is CC1OCCC1(C)NC(=O)c1ccc(N)c(Cl)c1. The first-order valence-electron chi connectivity index (χ1n) is 5.91. The van der Waals surface area contributed by atoms with Gasteiger partial charge in [-0.25, -0.2) is 0 Å². The van der Waals surface area contributed by atoms with Gasteiger partial charge in [0.1, 0.15) is 0 Å². The van der Waals surface area contributed by atoms with E-state index in [0.717, 1.165) is 6.42 Å². The highest BCUT2D eigenvalue weighted by Gasteiger charge is 2.38. The van der Waals surface area contributed by atoms with Gasteiger partial charge in [0.05, 0.1) is 22.4 Å². The third kappa shape index (κ3) is 2.44. The van der Waals surface area contributed by atoms with Gasteiger partial charge >= 0.3 is 0 Å². The van der Waals surface area contributed by atoms with Crippen LogP contribution in [0.2, 0.25) is 5.02 Å². The summed E-state index contributed by atoms with van der Waals surface area (Å²) >= 11 is 5.91. The van der Waals surface area contributed by atoms with E-state index >= 15 is 0 Å². The number of nitrogens with two attached hydrogens (primary N) is 1. The summed E-state index contributed by atoms with van der Waals surface area (Å²) < 4.78 is 5.49. The second kappa shape index (κ2) is 4.78. The van der Waals surface area contributed by atoms with Gasteiger partial charge in [0.15, 0.2) is 0 Å². The van der Waals surface area contributed by atoms with Crippen molar-refractivity contribution < 1.29 is 9.53 Å². The molecule has 2 rings (SSSR count). The van der Waals surface area contributed by atoms with Crippen LogP contribution in [0.1, 0.15) is 30.6 Å². The summed E-state index contributed by atoms with van der Waals surface area (Å²) in [7, 11) is 0. The minimum absolute atomic E-state index is 0.00528. The normalized spacial score (nSPS) is 27.2. The monoisotopic (exact) mass is 268 g/mol. The molecule has 0 spiro atoms. The Morgan fingerprint density at radius 1 is 1.61 bits per heavy atom. The molecule has 1 saturated heterocycles. The van der Waals surface area contributed by atoms with Gasteiger partial charge in [0.25, 0.3) is 5.91 Å². The molecule has 4 nitrogen and oxygen atoms in total. The predicted molar refractivity (Wildman–Crippen MR) is 71.8 cm³/mol.